The molecule has 0 aliphatic rings. The molecule has 0 fully saturated rings. The summed E-state index contributed by atoms with van der Waals surface area (Å²) in [7, 11) is 0. The lowest BCUT2D eigenvalue weighted by Crippen LogP contribution is -1.96. The van der Waals surface area contributed by atoms with Crippen LogP contribution in [0.4, 0.5) is 0 Å². The van der Waals surface area contributed by atoms with Gasteiger partial charge in [0.25, 0.3) is 0 Å². The van der Waals surface area contributed by atoms with Crippen LogP contribution in [0.5, 0.6) is 0 Å². The standard InChI is InChI=1S/C38H22N2S2/c1-2-9-23(10-3-1)31-22-32(28-13-8-16-35-37(28)29-12-5-7-15-34(29)41-35)40-38(39-31)25-18-17-24-21-36-30(20-26(24)19-25)27-11-4-6-14-33(27)42-36/h1-22H. The highest BCUT2D eigenvalue weighted by Gasteiger charge is 2.16. The summed E-state index contributed by atoms with van der Waals surface area (Å²) >= 11 is 3.69. The van der Waals surface area contributed by atoms with E-state index in [0.717, 1.165) is 33.9 Å². The Labute approximate surface area is 250 Å². The Morgan fingerprint density at radius 1 is 0.405 bits per heavy atom. The molecule has 9 rings (SSSR count). The van der Waals surface area contributed by atoms with Crippen LogP contribution in [-0.4, -0.2) is 9.97 Å². The van der Waals surface area contributed by atoms with E-state index in [1.165, 1.54) is 51.1 Å². The molecule has 9 aromatic rings. The number of hydrogen-bond donors (Lipinski definition) is 0. The zero-order valence-corrected chi connectivity index (χ0v) is 24.0. The predicted octanol–water partition coefficient (Wildman–Crippen LogP) is 11.4. The van der Waals surface area contributed by atoms with Crippen molar-refractivity contribution in [1.82, 2.24) is 9.97 Å². The molecule has 4 heteroatoms. The molecule has 196 valence electrons. The largest absolute Gasteiger partial charge is 0.228 e. The van der Waals surface area contributed by atoms with Gasteiger partial charge in [-0.25, -0.2) is 9.97 Å². The first-order chi connectivity index (χ1) is 20.8. The van der Waals surface area contributed by atoms with Gasteiger partial charge in [-0.3, -0.25) is 0 Å². The molecule has 0 unspecified atom stereocenters. The topological polar surface area (TPSA) is 25.8 Å². The molecule has 0 amide bonds. The van der Waals surface area contributed by atoms with Crippen molar-refractivity contribution in [1.29, 1.82) is 0 Å². The van der Waals surface area contributed by atoms with Gasteiger partial charge in [0, 0.05) is 57.0 Å². The third-order valence-corrected chi connectivity index (χ3v) is 10.3. The van der Waals surface area contributed by atoms with E-state index >= 15 is 0 Å². The Kier molecular flexibility index (Phi) is 5.27. The lowest BCUT2D eigenvalue weighted by Gasteiger charge is -2.11. The molecular formula is C38H22N2S2. The maximum absolute atomic E-state index is 5.24. The highest BCUT2D eigenvalue weighted by molar-refractivity contribution is 7.26. The minimum atomic E-state index is 0.736. The van der Waals surface area contributed by atoms with Crippen LogP contribution in [0.25, 0.3) is 85.0 Å². The van der Waals surface area contributed by atoms with Crippen molar-refractivity contribution in [3.05, 3.63) is 133 Å². The number of fused-ring (bicyclic) bond motifs is 7. The SMILES string of the molecule is c1ccc(-c2cc(-c3cccc4sc5ccccc5c34)nc(-c3ccc4cc5sc6ccccc6c5cc4c3)n2)cc1. The average molecular weight is 571 g/mol. The first-order valence-corrected chi connectivity index (χ1v) is 15.6. The molecule has 0 spiro atoms. The molecule has 0 aliphatic carbocycles. The first-order valence-electron chi connectivity index (χ1n) is 14.0. The normalized spacial score (nSPS) is 11.8. The Bertz CT molecular complexity index is 2470. The van der Waals surface area contributed by atoms with Crippen LogP contribution in [0.15, 0.2) is 133 Å². The summed E-state index contributed by atoms with van der Waals surface area (Å²) in [5.41, 5.74) is 5.09. The fourth-order valence-electron chi connectivity index (χ4n) is 6.07. The Morgan fingerprint density at radius 2 is 1.12 bits per heavy atom. The van der Waals surface area contributed by atoms with E-state index in [1.807, 2.05) is 28.7 Å². The van der Waals surface area contributed by atoms with Crippen LogP contribution in [-0.2, 0) is 0 Å². The summed E-state index contributed by atoms with van der Waals surface area (Å²) in [6.45, 7) is 0. The number of hydrogen-bond acceptors (Lipinski definition) is 4. The Hall–Kier alpha value is -4.90. The van der Waals surface area contributed by atoms with E-state index in [4.69, 9.17) is 9.97 Å². The molecule has 6 aromatic carbocycles. The summed E-state index contributed by atoms with van der Waals surface area (Å²) in [5.74, 6) is 0.736. The number of rotatable bonds is 3. The number of benzene rings is 6. The van der Waals surface area contributed by atoms with Gasteiger partial charge in [-0.1, -0.05) is 91.0 Å². The predicted molar refractivity (Wildman–Crippen MR) is 182 cm³/mol. The van der Waals surface area contributed by atoms with Crippen LogP contribution in [0.2, 0.25) is 0 Å². The van der Waals surface area contributed by atoms with Gasteiger partial charge in [0.1, 0.15) is 0 Å². The van der Waals surface area contributed by atoms with E-state index in [1.54, 1.807) is 0 Å². The van der Waals surface area contributed by atoms with E-state index in [-0.39, 0.29) is 0 Å². The summed E-state index contributed by atoms with van der Waals surface area (Å²) in [6, 6.07) is 47.7. The van der Waals surface area contributed by atoms with E-state index in [2.05, 4.69) is 127 Å². The molecule has 0 saturated carbocycles. The Balaban J connectivity index is 1.28. The molecule has 3 heterocycles. The van der Waals surface area contributed by atoms with Crippen molar-refractivity contribution in [2.75, 3.05) is 0 Å². The molecule has 42 heavy (non-hydrogen) atoms. The number of thiophene rings is 2. The van der Waals surface area contributed by atoms with Crippen LogP contribution in [0, 0.1) is 0 Å². The molecule has 0 aliphatic heterocycles. The smallest absolute Gasteiger partial charge is 0.160 e. The second-order valence-electron chi connectivity index (χ2n) is 10.6. The lowest BCUT2D eigenvalue weighted by molar-refractivity contribution is 1.19. The minimum Gasteiger partial charge on any atom is -0.228 e. The summed E-state index contributed by atoms with van der Waals surface area (Å²) < 4.78 is 5.20. The zero-order valence-electron chi connectivity index (χ0n) is 22.4. The third-order valence-electron chi connectivity index (χ3n) is 8.07. The highest BCUT2D eigenvalue weighted by Crippen LogP contribution is 2.41. The van der Waals surface area contributed by atoms with Gasteiger partial charge in [0.2, 0.25) is 0 Å². The maximum Gasteiger partial charge on any atom is 0.160 e. The van der Waals surface area contributed by atoms with Crippen LogP contribution < -0.4 is 0 Å². The van der Waals surface area contributed by atoms with E-state index < -0.39 is 0 Å². The van der Waals surface area contributed by atoms with Gasteiger partial charge in [0.15, 0.2) is 5.82 Å². The van der Waals surface area contributed by atoms with Gasteiger partial charge < -0.3 is 0 Å². The summed E-state index contributed by atoms with van der Waals surface area (Å²) in [4.78, 5) is 10.4. The first kappa shape index (κ1) is 23.8. The maximum atomic E-state index is 5.24. The minimum absolute atomic E-state index is 0.736. The van der Waals surface area contributed by atoms with Gasteiger partial charge >= 0.3 is 0 Å². The van der Waals surface area contributed by atoms with Crippen molar-refractivity contribution in [3.8, 4) is 33.9 Å². The van der Waals surface area contributed by atoms with E-state index in [9.17, 15) is 0 Å². The van der Waals surface area contributed by atoms with Crippen LogP contribution >= 0.6 is 22.7 Å². The lowest BCUT2D eigenvalue weighted by atomic mass is 10.0. The second-order valence-corrected chi connectivity index (χ2v) is 12.8. The molecule has 3 aromatic heterocycles. The molecule has 0 atom stereocenters. The molecule has 0 radical (unpaired) electrons. The van der Waals surface area contributed by atoms with Crippen molar-refractivity contribution in [3.63, 3.8) is 0 Å². The molecule has 0 N–H and O–H groups in total. The molecule has 2 nitrogen and oxygen atoms in total. The molecule has 0 bridgehead atoms. The molecule has 0 saturated heterocycles. The number of nitrogens with zero attached hydrogens (tertiary/aromatic N) is 2. The van der Waals surface area contributed by atoms with Gasteiger partial charge in [0.05, 0.1) is 11.4 Å². The number of aromatic nitrogens is 2. The van der Waals surface area contributed by atoms with Crippen molar-refractivity contribution in [2.24, 2.45) is 0 Å². The fraction of sp³-hybridized carbons (Fsp3) is 0. The Morgan fingerprint density at radius 3 is 2.00 bits per heavy atom. The quantitative estimate of drug-likeness (QED) is 0.211. The van der Waals surface area contributed by atoms with Crippen LogP contribution in [0.3, 0.4) is 0 Å². The summed E-state index contributed by atoms with van der Waals surface area (Å²) in [6.07, 6.45) is 0. The third kappa shape index (κ3) is 3.77. The van der Waals surface area contributed by atoms with E-state index in [0.29, 0.717) is 0 Å². The fourth-order valence-corrected chi connectivity index (χ4v) is 8.34. The highest BCUT2D eigenvalue weighted by atomic mass is 32.1. The summed E-state index contributed by atoms with van der Waals surface area (Å²) in [5, 5.41) is 7.57. The van der Waals surface area contributed by atoms with Gasteiger partial charge in [-0.05, 0) is 53.2 Å². The van der Waals surface area contributed by atoms with Crippen molar-refractivity contribution < 1.29 is 0 Å². The average Bonchev–Trinajstić information content (AvgIpc) is 3.61. The van der Waals surface area contributed by atoms with Crippen molar-refractivity contribution in [2.45, 2.75) is 0 Å². The monoisotopic (exact) mass is 570 g/mol. The van der Waals surface area contributed by atoms with Crippen molar-refractivity contribution >= 4 is 73.8 Å². The molecular weight excluding hydrogens is 549 g/mol. The van der Waals surface area contributed by atoms with Crippen LogP contribution in [0.1, 0.15) is 0 Å². The zero-order chi connectivity index (χ0) is 27.6. The van der Waals surface area contributed by atoms with Gasteiger partial charge in [-0.15, -0.1) is 22.7 Å². The second kappa shape index (κ2) is 9.31. The van der Waals surface area contributed by atoms with Gasteiger partial charge in [-0.2, -0.15) is 0 Å².